The van der Waals surface area contributed by atoms with Crippen LogP contribution in [0.1, 0.15) is 25.7 Å². The fraction of sp³-hybridized carbons (Fsp3) is 0.562. The predicted octanol–water partition coefficient (Wildman–Crippen LogP) is 3.08. The van der Waals surface area contributed by atoms with Crippen molar-refractivity contribution in [3.8, 4) is 11.5 Å². The molecule has 4 nitrogen and oxygen atoms in total. The topological polar surface area (TPSA) is 47.6 Å². The van der Waals surface area contributed by atoms with Gasteiger partial charge in [-0.3, -0.25) is 4.79 Å². The molecule has 3 rings (SSSR count). The number of carbonyl (C=O) groups is 1. The molecule has 1 amide bonds. The van der Waals surface area contributed by atoms with Crippen molar-refractivity contribution >= 4 is 11.6 Å². The molecular weight excluding hydrogens is 254 g/mol. The monoisotopic (exact) mass is 275 g/mol. The van der Waals surface area contributed by atoms with Crippen molar-refractivity contribution < 1.29 is 14.3 Å². The number of nitrogens with one attached hydrogen (secondary N) is 1. The molecule has 0 unspecified atom stereocenters. The van der Waals surface area contributed by atoms with E-state index in [-0.39, 0.29) is 11.8 Å². The quantitative estimate of drug-likeness (QED) is 0.918. The third kappa shape index (κ3) is 2.35. The van der Waals surface area contributed by atoms with Gasteiger partial charge in [-0.05, 0) is 43.2 Å². The molecule has 0 spiro atoms. The average Bonchev–Trinajstić information content (AvgIpc) is 3.09. The summed E-state index contributed by atoms with van der Waals surface area (Å²) in [6, 6.07) is 5.48. The van der Waals surface area contributed by atoms with Gasteiger partial charge in [0.25, 0.3) is 0 Å². The van der Waals surface area contributed by atoms with Crippen molar-refractivity contribution in [2.45, 2.75) is 25.7 Å². The Balaban J connectivity index is 1.70. The van der Waals surface area contributed by atoms with Crippen LogP contribution in [-0.2, 0) is 4.79 Å². The van der Waals surface area contributed by atoms with Crippen LogP contribution < -0.4 is 14.8 Å². The van der Waals surface area contributed by atoms with Crippen LogP contribution in [0.25, 0.3) is 0 Å². The fourth-order valence-corrected chi connectivity index (χ4v) is 3.71. The minimum absolute atomic E-state index is 0.157. The van der Waals surface area contributed by atoms with Crippen LogP contribution >= 0.6 is 0 Å². The molecule has 1 N–H and O–H groups in total. The second-order valence-corrected chi connectivity index (χ2v) is 5.84. The maximum Gasteiger partial charge on any atom is 0.227 e. The number of fused-ring (bicyclic) bond motifs is 2. The van der Waals surface area contributed by atoms with Crippen molar-refractivity contribution in [2.24, 2.45) is 17.8 Å². The normalized spacial score (nSPS) is 27.4. The number of hydrogen-bond donors (Lipinski definition) is 1. The first-order valence-electron chi connectivity index (χ1n) is 7.24. The van der Waals surface area contributed by atoms with Gasteiger partial charge in [-0.2, -0.15) is 0 Å². The molecule has 1 aromatic carbocycles. The summed E-state index contributed by atoms with van der Waals surface area (Å²) in [4.78, 5) is 12.4. The predicted molar refractivity (Wildman–Crippen MR) is 77.1 cm³/mol. The molecule has 2 aliphatic rings. The van der Waals surface area contributed by atoms with E-state index in [9.17, 15) is 4.79 Å². The van der Waals surface area contributed by atoms with Gasteiger partial charge in [-0.1, -0.05) is 6.42 Å². The molecule has 0 heterocycles. The van der Waals surface area contributed by atoms with Gasteiger partial charge in [0.2, 0.25) is 5.91 Å². The van der Waals surface area contributed by atoms with Crippen LogP contribution in [0.3, 0.4) is 0 Å². The maximum absolute atomic E-state index is 12.4. The highest BCUT2D eigenvalue weighted by molar-refractivity contribution is 5.93. The Morgan fingerprint density at radius 2 is 1.95 bits per heavy atom. The minimum atomic E-state index is 0.157. The summed E-state index contributed by atoms with van der Waals surface area (Å²) in [6.07, 6.45) is 4.83. The van der Waals surface area contributed by atoms with E-state index in [2.05, 4.69) is 5.32 Å². The summed E-state index contributed by atoms with van der Waals surface area (Å²) in [5, 5.41) is 3.02. The lowest BCUT2D eigenvalue weighted by Crippen LogP contribution is -2.27. The number of ether oxygens (including phenoxy) is 2. The highest BCUT2D eigenvalue weighted by Crippen LogP contribution is 2.48. The summed E-state index contributed by atoms with van der Waals surface area (Å²) >= 11 is 0. The standard InChI is InChI=1S/C16H21NO3/c1-19-14-6-5-12(9-15(14)20-2)17-16(18)13-8-10-3-4-11(13)7-10/h5-6,9-11,13H,3-4,7-8H2,1-2H3,(H,17,18)/t10-,11+,13+/m0/s1. The van der Waals surface area contributed by atoms with Gasteiger partial charge in [0.05, 0.1) is 14.2 Å². The third-order valence-corrected chi connectivity index (χ3v) is 4.73. The number of amides is 1. The zero-order chi connectivity index (χ0) is 14.1. The van der Waals surface area contributed by atoms with E-state index in [1.165, 1.54) is 19.3 Å². The minimum Gasteiger partial charge on any atom is -0.493 e. The second-order valence-electron chi connectivity index (χ2n) is 5.84. The Hall–Kier alpha value is -1.71. The van der Waals surface area contributed by atoms with Gasteiger partial charge < -0.3 is 14.8 Å². The Labute approximate surface area is 119 Å². The molecule has 20 heavy (non-hydrogen) atoms. The summed E-state index contributed by atoms with van der Waals surface area (Å²) in [5.41, 5.74) is 0.774. The third-order valence-electron chi connectivity index (χ3n) is 4.73. The van der Waals surface area contributed by atoms with Crippen molar-refractivity contribution in [1.82, 2.24) is 0 Å². The van der Waals surface area contributed by atoms with Crippen molar-refractivity contribution in [3.05, 3.63) is 18.2 Å². The number of anilines is 1. The lowest BCUT2D eigenvalue weighted by Gasteiger charge is -2.21. The molecule has 2 bridgehead atoms. The van der Waals surface area contributed by atoms with E-state index >= 15 is 0 Å². The lowest BCUT2D eigenvalue weighted by atomic mass is 9.88. The molecule has 0 aromatic heterocycles. The smallest absolute Gasteiger partial charge is 0.227 e. The summed E-state index contributed by atoms with van der Waals surface area (Å²) in [7, 11) is 3.20. The average molecular weight is 275 g/mol. The van der Waals surface area contributed by atoms with Crippen LogP contribution in [-0.4, -0.2) is 20.1 Å². The number of carbonyl (C=O) groups excluding carboxylic acids is 1. The van der Waals surface area contributed by atoms with Crippen LogP contribution in [0.4, 0.5) is 5.69 Å². The number of hydrogen-bond acceptors (Lipinski definition) is 3. The number of rotatable bonds is 4. The highest BCUT2D eigenvalue weighted by atomic mass is 16.5. The molecule has 3 atom stereocenters. The van der Waals surface area contributed by atoms with Crippen LogP contribution in [0, 0.1) is 17.8 Å². The zero-order valence-electron chi connectivity index (χ0n) is 12.0. The molecular formula is C16H21NO3. The van der Waals surface area contributed by atoms with Crippen LogP contribution in [0.15, 0.2) is 18.2 Å². The molecule has 2 aliphatic carbocycles. The van der Waals surface area contributed by atoms with Gasteiger partial charge in [0, 0.05) is 17.7 Å². The Morgan fingerprint density at radius 1 is 1.15 bits per heavy atom. The maximum atomic E-state index is 12.4. The van der Waals surface area contributed by atoms with E-state index in [4.69, 9.17) is 9.47 Å². The van der Waals surface area contributed by atoms with Gasteiger partial charge >= 0.3 is 0 Å². The highest BCUT2D eigenvalue weighted by Gasteiger charge is 2.43. The second kappa shape index (κ2) is 5.35. The first kappa shape index (κ1) is 13.3. The van der Waals surface area contributed by atoms with E-state index in [0.29, 0.717) is 17.4 Å². The zero-order valence-corrected chi connectivity index (χ0v) is 12.0. The molecule has 0 radical (unpaired) electrons. The SMILES string of the molecule is COc1ccc(NC(=O)[C@@H]2C[C@H]3CC[C@@H]2C3)cc1OC. The molecule has 108 valence electrons. The summed E-state index contributed by atoms with van der Waals surface area (Å²) < 4.78 is 10.5. The molecule has 4 heteroatoms. The number of benzene rings is 1. The van der Waals surface area contributed by atoms with Gasteiger partial charge in [-0.15, -0.1) is 0 Å². The Bertz CT molecular complexity index is 514. The Kier molecular flexibility index (Phi) is 3.55. The van der Waals surface area contributed by atoms with E-state index in [0.717, 1.165) is 18.0 Å². The first-order chi connectivity index (χ1) is 9.71. The van der Waals surface area contributed by atoms with E-state index < -0.39 is 0 Å². The molecule has 1 aromatic rings. The summed E-state index contributed by atoms with van der Waals surface area (Å²) in [5.74, 6) is 3.04. The van der Waals surface area contributed by atoms with Gasteiger partial charge in [0.1, 0.15) is 0 Å². The van der Waals surface area contributed by atoms with Crippen molar-refractivity contribution in [2.75, 3.05) is 19.5 Å². The molecule has 0 saturated heterocycles. The lowest BCUT2D eigenvalue weighted by molar-refractivity contribution is -0.121. The van der Waals surface area contributed by atoms with E-state index in [1.54, 1.807) is 14.2 Å². The van der Waals surface area contributed by atoms with Crippen molar-refractivity contribution in [1.29, 1.82) is 0 Å². The fourth-order valence-electron chi connectivity index (χ4n) is 3.71. The largest absolute Gasteiger partial charge is 0.493 e. The van der Waals surface area contributed by atoms with Crippen LogP contribution in [0.5, 0.6) is 11.5 Å². The summed E-state index contributed by atoms with van der Waals surface area (Å²) in [6.45, 7) is 0. The number of methoxy groups -OCH3 is 2. The Morgan fingerprint density at radius 3 is 2.55 bits per heavy atom. The molecule has 2 saturated carbocycles. The van der Waals surface area contributed by atoms with Crippen molar-refractivity contribution in [3.63, 3.8) is 0 Å². The van der Waals surface area contributed by atoms with E-state index in [1.807, 2.05) is 18.2 Å². The van der Waals surface area contributed by atoms with Gasteiger partial charge in [0.15, 0.2) is 11.5 Å². The first-order valence-corrected chi connectivity index (χ1v) is 7.24. The van der Waals surface area contributed by atoms with Gasteiger partial charge in [-0.25, -0.2) is 0 Å². The molecule has 0 aliphatic heterocycles. The molecule has 2 fully saturated rings. The van der Waals surface area contributed by atoms with Crippen LogP contribution in [0.2, 0.25) is 0 Å².